The lowest BCUT2D eigenvalue weighted by Gasteiger charge is -2.08. The molecule has 0 aromatic heterocycles. The molecular weight excluding hydrogens is 394 g/mol. The Balaban J connectivity index is 1.73. The van der Waals surface area contributed by atoms with Crippen molar-refractivity contribution in [2.75, 3.05) is 6.54 Å². The minimum atomic E-state index is -3.67. The minimum Gasteiger partial charge on any atom is -0.338 e. The van der Waals surface area contributed by atoms with Gasteiger partial charge in [-0.15, -0.1) is 0 Å². The molecule has 2 aromatic carbocycles. The van der Waals surface area contributed by atoms with Gasteiger partial charge in [0.1, 0.15) is 0 Å². The van der Waals surface area contributed by atoms with Crippen molar-refractivity contribution in [2.24, 2.45) is 5.14 Å². The molecular formula is C16H18BrN3O3S. The first-order chi connectivity index (χ1) is 11.3. The smallest absolute Gasteiger partial charge is 0.315 e. The van der Waals surface area contributed by atoms with Gasteiger partial charge in [-0.05, 0) is 41.8 Å². The van der Waals surface area contributed by atoms with E-state index < -0.39 is 10.0 Å². The number of benzene rings is 2. The number of halogens is 1. The Bertz CT molecular complexity index is 790. The van der Waals surface area contributed by atoms with Crippen LogP contribution < -0.4 is 15.8 Å². The Labute approximate surface area is 149 Å². The fraction of sp³-hybridized carbons (Fsp3) is 0.188. The summed E-state index contributed by atoms with van der Waals surface area (Å²) >= 11 is 3.36. The molecule has 0 spiro atoms. The van der Waals surface area contributed by atoms with Crippen LogP contribution in [0.1, 0.15) is 11.1 Å². The van der Waals surface area contributed by atoms with Crippen LogP contribution in [-0.4, -0.2) is 21.0 Å². The van der Waals surface area contributed by atoms with E-state index in [-0.39, 0.29) is 10.9 Å². The summed E-state index contributed by atoms with van der Waals surface area (Å²) in [7, 11) is -3.67. The number of primary sulfonamides is 1. The number of amides is 2. The van der Waals surface area contributed by atoms with Crippen LogP contribution in [0.4, 0.5) is 4.79 Å². The van der Waals surface area contributed by atoms with Gasteiger partial charge in [-0.2, -0.15) is 0 Å². The maximum absolute atomic E-state index is 11.7. The summed E-state index contributed by atoms with van der Waals surface area (Å²) in [5.41, 5.74) is 1.92. The number of carbonyl (C=O) groups excluding carboxylic acids is 1. The molecule has 0 aliphatic rings. The van der Waals surface area contributed by atoms with Crippen LogP contribution in [0.25, 0.3) is 0 Å². The van der Waals surface area contributed by atoms with Gasteiger partial charge in [-0.1, -0.05) is 40.2 Å². The third kappa shape index (κ3) is 5.95. The van der Waals surface area contributed by atoms with E-state index in [1.54, 1.807) is 12.1 Å². The molecule has 4 N–H and O–H groups in total. The molecule has 8 heteroatoms. The van der Waals surface area contributed by atoms with Gasteiger partial charge in [-0.3, -0.25) is 0 Å². The summed E-state index contributed by atoms with van der Waals surface area (Å²) in [5.74, 6) is 0. The average molecular weight is 412 g/mol. The first kappa shape index (κ1) is 18.4. The van der Waals surface area contributed by atoms with Crippen LogP contribution >= 0.6 is 15.9 Å². The van der Waals surface area contributed by atoms with Gasteiger partial charge in [0.05, 0.1) is 4.90 Å². The van der Waals surface area contributed by atoms with E-state index in [1.807, 2.05) is 24.3 Å². The van der Waals surface area contributed by atoms with Crippen molar-refractivity contribution in [3.05, 3.63) is 64.1 Å². The molecule has 0 aliphatic heterocycles. The third-order valence-electron chi connectivity index (χ3n) is 3.32. The Morgan fingerprint density at radius 1 is 0.958 bits per heavy atom. The van der Waals surface area contributed by atoms with Crippen molar-refractivity contribution in [3.8, 4) is 0 Å². The summed E-state index contributed by atoms with van der Waals surface area (Å²) < 4.78 is 23.3. The van der Waals surface area contributed by atoms with Crippen molar-refractivity contribution < 1.29 is 13.2 Å². The monoisotopic (exact) mass is 411 g/mol. The summed E-state index contributed by atoms with van der Waals surface area (Å²) in [4.78, 5) is 11.8. The van der Waals surface area contributed by atoms with Crippen LogP contribution in [0.15, 0.2) is 57.9 Å². The number of nitrogens with one attached hydrogen (secondary N) is 2. The fourth-order valence-electron chi connectivity index (χ4n) is 2.01. The number of carbonyl (C=O) groups is 1. The van der Waals surface area contributed by atoms with E-state index in [0.29, 0.717) is 19.5 Å². The quantitative estimate of drug-likeness (QED) is 0.678. The number of sulfonamides is 1. The first-order valence-electron chi connectivity index (χ1n) is 7.22. The summed E-state index contributed by atoms with van der Waals surface area (Å²) in [5, 5.41) is 10.6. The second-order valence-electron chi connectivity index (χ2n) is 5.17. The summed E-state index contributed by atoms with van der Waals surface area (Å²) in [6.45, 7) is 0.892. The lowest BCUT2D eigenvalue weighted by Crippen LogP contribution is -2.36. The second-order valence-corrected chi connectivity index (χ2v) is 7.65. The van der Waals surface area contributed by atoms with Crippen LogP contribution in [0.3, 0.4) is 0 Å². The molecule has 0 unspecified atom stereocenters. The molecule has 0 aliphatic carbocycles. The molecule has 0 fully saturated rings. The summed E-state index contributed by atoms with van der Waals surface area (Å²) in [6, 6.07) is 13.7. The Morgan fingerprint density at radius 3 is 2.12 bits per heavy atom. The van der Waals surface area contributed by atoms with Crippen molar-refractivity contribution >= 4 is 32.0 Å². The highest BCUT2D eigenvalue weighted by Crippen LogP contribution is 2.10. The van der Waals surface area contributed by atoms with Gasteiger partial charge in [0.2, 0.25) is 10.0 Å². The average Bonchev–Trinajstić information content (AvgIpc) is 2.54. The molecule has 24 heavy (non-hydrogen) atoms. The van der Waals surface area contributed by atoms with Gasteiger partial charge in [0, 0.05) is 17.6 Å². The SMILES string of the molecule is NS(=O)(=O)c1ccc(CCNC(=O)NCc2ccc(Br)cc2)cc1. The first-order valence-corrected chi connectivity index (χ1v) is 9.56. The molecule has 6 nitrogen and oxygen atoms in total. The topological polar surface area (TPSA) is 101 Å². The zero-order chi connectivity index (χ0) is 17.6. The van der Waals surface area contributed by atoms with E-state index in [0.717, 1.165) is 15.6 Å². The van der Waals surface area contributed by atoms with Gasteiger partial charge in [0.15, 0.2) is 0 Å². The van der Waals surface area contributed by atoms with E-state index in [9.17, 15) is 13.2 Å². The number of hydrogen-bond acceptors (Lipinski definition) is 3. The van der Waals surface area contributed by atoms with Crippen LogP contribution in [0.5, 0.6) is 0 Å². The highest BCUT2D eigenvalue weighted by atomic mass is 79.9. The van der Waals surface area contributed by atoms with E-state index in [2.05, 4.69) is 26.6 Å². The molecule has 2 aromatic rings. The lowest BCUT2D eigenvalue weighted by atomic mass is 10.1. The van der Waals surface area contributed by atoms with Crippen molar-refractivity contribution in [2.45, 2.75) is 17.9 Å². The maximum Gasteiger partial charge on any atom is 0.315 e. The van der Waals surface area contributed by atoms with E-state index in [1.165, 1.54) is 12.1 Å². The van der Waals surface area contributed by atoms with Gasteiger partial charge in [0.25, 0.3) is 0 Å². The van der Waals surface area contributed by atoms with Crippen molar-refractivity contribution in [1.29, 1.82) is 0 Å². The Morgan fingerprint density at radius 2 is 1.54 bits per heavy atom. The normalized spacial score (nSPS) is 11.1. The third-order valence-corrected chi connectivity index (χ3v) is 4.78. The fourth-order valence-corrected chi connectivity index (χ4v) is 2.79. The maximum atomic E-state index is 11.7. The molecule has 0 atom stereocenters. The number of rotatable bonds is 6. The Hall–Kier alpha value is -1.90. The van der Waals surface area contributed by atoms with Gasteiger partial charge in [-0.25, -0.2) is 18.4 Å². The minimum absolute atomic E-state index is 0.0754. The van der Waals surface area contributed by atoms with E-state index >= 15 is 0 Å². The molecule has 0 bridgehead atoms. The van der Waals surface area contributed by atoms with Crippen LogP contribution in [0.2, 0.25) is 0 Å². The second kappa shape index (κ2) is 8.27. The zero-order valence-electron chi connectivity index (χ0n) is 12.8. The number of urea groups is 1. The van der Waals surface area contributed by atoms with E-state index in [4.69, 9.17) is 5.14 Å². The number of hydrogen-bond donors (Lipinski definition) is 3. The number of nitrogens with two attached hydrogens (primary N) is 1. The highest BCUT2D eigenvalue weighted by molar-refractivity contribution is 9.10. The predicted molar refractivity (Wildman–Crippen MR) is 95.9 cm³/mol. The van der Waals surface area contributed by atoms with Crippen molar-refractivity contribution in [1.82, 2.24) is 10.6 Å². The lowest BCUT2D eigenvalue weighted by molar-refractivity contribution is 0.240. The largest absolute Gasteiger partial charge is 0.338 e. The zero-order valence-corrected chi connectivity index (χ0v) is 15.2. The Kier molecular flexibility index (Phi) is 6.36. The van der Waals surface area contributed by atoms with Gasteiger partial charge < -0.3 is 10.6 Å². The molecule has 2 rings (SSSR count). The standard InChI is InChI=1S/C16H18BrN3O3S/c17-14-5-1-13(2-6-14)11-20-16(21)19-10-9-12-3-7-15(8-4-12)24(18,22)23/h1-8H,9-11H2,(H2,18,22,23)(H2,19,20,21). The molecule has 0 heterocycles. The van der Waals surface area contributed by atoms with Gasteiger partial charge >= 0.3 is 6.03 Å². The summed E-state index contributed by atoms with van der Waals surface area (Å²) in [6.07, 6.45) is 0.594. The molecule has 2 amide bonds. The van der Waals surface area contributed by atoms with Crippen molar-refractivity contribution in [3.63, 3.8) is 0 Å². The molecule has 0 radical (unpaired) electrons. The van der Waals surface area contributed by atoms with Crippen LogP contribution in [-0.2, 0) is 23.0 Å². The molecule has 0 saturated heterocycles. The highest BCUT2D eigenvalue weighted by Gasteiger charge is 2.07. The van der Waals surface area contributed by atoms with Crippen LogP contribution in [0, 0.1) is 0 Å². The predicted octanol–water partition coefficient (Wildman–Crippen LogP) is 2.14. The molecule has 128 valence electrons. The molecule has 0 saturated carbocycles.